The fraction of sp³-hybridized carbons (Fsp3) is 0.333. The molecular formula is C30H34N8O2. The molecule has 2 saturated heterocycles. The normalized spacial score (nSPS) is 17.6. The molecule has 6 rings (SSSR count). The van der Waals surface area contributed by atoms with E-state index in [-0.39, 0.29) is 11.9 Å². The molecule has 0 radical (unpaired) electrons. The summed E-state index contributed by atoms with van der Waals surface area (Å²) < 4.78 is 7.56. The molecule has 2 aliphatic rings. The van der Waals surface area contributed by atoms with E-state index in [1.54, 1.807) is 0 Å². The minimum atomic E-state index is -0.0446. The maximum Gasteiger partial charge on any atom is 0.246 e. The summed E-state index contributed by atoms with van der Waals surface area (Å²) in [6.45, 7) is 8.89. The van der Waals surface area contributed by atoms with Crippen molar-refractivity contribution in [3.8, 4) is 0 Å². The standard InChI is InChI=1S/C30H34N8O2/c1-2-26(39)37-14-6-9-25(20-37)38-21-32-27-28(31-19-22-7-4-3-5-8-22)34-30(35-29(27)38)33-23-10-12-24(13-11-23)36-15-17-40-18-16-36/h2-5,7-8,10-13,21,25H,1,6,9,14-20H2,(H2,31,33,34,35)/t25-/m0/s1. The summed E-state index contributed by atoms with van der Waals surface area (Å²) in [5.41, 5.74) is 4.65. The number of nitrogens with zero attached hydrogens (tertiary/aromatic N) is 6. The van der Waals surface area contributed by atoms with Crippen LogP contribution in [0, 0.1) is 0 Å². The number of fused-ring (bicyclic) bond motifs is 1. The number of carbonyl (C=O) groups is 1. The molecule has 2 aliphatic heterocycles. The number of morpholine rings is 1. The van der Waals surface area contributed by atoms with E-state index in [2.05, 4.69) is 50.9 Å². The lowest BCUT2D eigenvalue weighted by Crippen LogP contribution is -2.39. The molecule has 0 bridgehead atoms. The van der Waals surface area contributed by atoms with Crippen LogP contribution in [0.15, 0.2) is 73.6 Å². The predicted octanol–water partition coefficient (Wildman–Crippen LogP) is 4.37. The van der Waals surface area contributed by atoms with Crippen molar-refractivity contribution in [2.75, 3.05) is 54.9 Å². The predicted molar refractivity (Wildman–Crippen MR) is 157 cm³/mol. The largest absolute Gasteiger partial charge is 0.378 e. The first-order valence-corrected chi connectivity index (χ1v) is 13.8. The van der Waals surface area contributed by atoms with Crippen LogP contribution in [0.25, 0.3) is 11.2 Å². The Balaban J connectivity index is 1.30. The van der Waals surface area contributed by atoms with Crippen LogP contribution in [0.4, 0.5) is 23.1 Å². The third kappa shape index (κ3) is 5.62. The Bertz CT molecular complexity index is 1460. The topological polar surface area (TPSA) is 100 Å². The highest BCUT2D eigenvalue weighted by molar-refractivity contribution is 5.87. The van der Waals surface area contributed by atoms with E-state index in [9.17, 15) is 4.79 Å². The van der Waals surface area contributed by atoms with Crippen LogP contribution in [-0.2, 0) is 16.1 Å². The van der Waals surface area contributed by atoms with Crippen molar-refractivity contribution in [1.82, 2.24) is 24.4 Å². The number of imidazole rings is 1. The van der Waals surface area contributed by atoms with Gasteiger partial charge in [0.25, 0.3) is 0 Å². The van der Waals surface area contributed by atoms with E-state index in [1.165, 1.54) is 11.8 Å². The second-order valence-corrected chi connectivity index (χ2v) is 10.1. The molecule has 10 heteroatoms. The van der Waals surface area contributed by atoms with Crippen LogP contribution in [0.2, 0.25) is 0 Å². The second-order valence-electron chi connectivity index (χ2n) is 10.1. The van der Waals surface area contributed by atoms with Crippen molar-refractivity contribution in [2.24, 2.45) is 0 Å². The maximum absolute atomic E-state index is 12.3. The molecule has 0 spiro atoms. The van der Waals surface area contributed by atoms with E-state index in [0.717, 1.165) is 62.6 Å². The van der Waals surface area contributed by atoms with Gasteiger partial charge in [-0.3, -0.25) is 4.79 Å². The number of nitrogens with one attached hydrogen (secondary N) is 2. The van der Waals surface area contributed by atoms with Crippen LogP contribution in [-0.4, -0.2) is 69.7 Å². The number of amides is 1. The number of hydrogen-bond acceptors (Lipinski definition) is 8. The third-order valence-corrected chi connectivity index (χ3v) is 7.50. The fourth-order valence-electron chi connectivity index (χ4n) is 5.36. The molecule has 10 nitrogen and oxygen atoms in total. The highest BCUT2D eigenvalue weighted by Crippen LogP contribution is 2.29. The van der Waals surface area contributed by atoms with Crippen molar-refractivity contribution < 1.29 is 9.53 Å². The molecule has 40 heavy (non-hydrogen) atoms. The smallest absolute Gasteiger partial charge is 0.246 e. The van der Waals surface area contributed by atoms with Gasteiger partial charge in [-0.2, -0.15) is 9.97 Å². The van der Waals surface area contributed by atoms with E-state index in [4.69, 9.17) is 19.7 Å². The maximum atomic E-state index is 12.3. The number of rotatable bonds is 8. The lowest BCUT2D eigenvalue weighted by molar-refractivity contribution is -0.127. The van der Waals surface area contributed by atoms with Crippen LogP contribution in [0.3, 0.4) is 0 Å². The fourth-order valence-corrected chi connectivity index (χ4v) is 5.36. The lowest BCUT2D eigenvalue weighted by Gasteiger charge is -2.32. The molecule has 2 fully saturated rings. The summed E-state index contributed by atoms with van der Waals surface area (Å²) in [5, 5.41) is 6.87. The summed E-state index contributed by atoms with van der Waals surface area (Å²) in [6, 6.07) is 18.6. The van der Waals surface area contributed by atoms with E-state index in [0.29, 0.717) is 30.4 Å². The van der Waals surface area contributed by atoms with Gasteiger partial charge in [0.1, 0.15) is 0 Å². The number of anilines is 4. The Morgan fingerprint density at radius 3 is 2.62 bits per heavy atom. The van der Waals surface area contributed by atoms with Crippen LogP contribution >= 0.6 is 0 Å². The second kappa shape index (κ2) is 11.7. The van der Waals surface area contributed by atoms with Crippen molar-refractivity contribution in [2.45, 2.75) is 25.4 Å². The molecule has 4 aromatic rings. The first-order chi connectivity index (χ1) is 19.7. The summed E-state index contributed by atoms with van der Waals surface area (Å²) in [5.74, 6) is 1.10. The minimum Gasteiger partial charge on any atom is -0.378 e. The highest BCUT2D eigenvalue weighted by Gasteiger charge is 2.26. The van der Waals surface area contributed by atoms with Gasteiger partial charge < -0.3 is 29.7 Å². The molecule has 2 aromatic heterocycles. The Morgan fingerprint density at radius 2 is 1.85 bits per heavy atom. The van der Waals surface area contributed by atoms with Crippen molar-refractivity contribution in [3.63, 3.8) is 0 Å². The Kier molecular flexibility index (Phi) is 7.58. The molecule has 0 aliphatic carbocycles. The number of likely N-dealkylation sites (tertiary alicyclic amines) is 1. The monoisotopic (exact) mass is 538 g/mol. The molecule has 0 saturated carbocycles. The molecule has 2 aromatic carbocycles. The first kappa shape index (κ1) is 25.8. The Morgan fingerprint density at radius 1 is 1.05 bits per heavy atom. The molecule has 1 atom stereocenters. The van der Waals surface area contributed by atoms with Gasteiger partial charge in [0.2, 0.25) is 11.9 Å². The Labute approximate surface area is 233 Å². The zero-order valence-electron chi connectivity index (χ0n) is 22.5. The van der Waals surface area contributed by atoms with Crippen molar-refractivity contribution >= 4 is 40.2 Å². The van der Waals surface area contributed by atoms with Crippen molar-refractivity contribution in [3.05, 3.63) is 79.1 Å². The summed E-state index contributed by atoms with van der Waals surface area (Å²) >= 11 is 0. The average molecular weight is 539 g/mol. The molecule has 206 valence electrons. The van der Waals surface area contributed by atoms with E-state index < -0.39 is 0 Å². The number of benzene rings is 2. The van der Waals surface area contributed by atoms with Gasteiger partial charge in [-0.15, -0.1) is 0 Å². The van der Waals surface area contributed by atoms with Gasteiger partial charge in [0.05, 0.1) is 25.6 Å². The molecular weight excluding hydrogens is 504 g/mol. The molecule has 4 heterocycles. The zero-order valence-corrected chi connectivity index (χ0v) is 22.5. The number of ether oxygens (including phenoxy) is 1. The molecule has 0 unspecified atom stereocenters. The minimum absolute atomic E-state index is 0.0446. The number of hydrogen-bond donors (Lipinski definition) is 2. The van der Waals surface area contributed by atoms with Crippen molar-refractivity contribution in [1.29, 1.82) is 0 Å². The lowest BCUT2D eigenvalue weighted by atomic mass is 10.1. The first-order valence-electron chi connectivity index (χ1n) is 13.8. The summed E-state index contributed by atoms with van der Waals surface area (Å²) in [6.07, 6.45) is 5.05. The molecule has 2 N–H and O–H groups in total. The summed E-state index contributed by atoms with van der Waals surface area (Å²) in [7, 11) is 0. The van der Waals surface area contributed by atoms with E-state index >= 15 is 0 Å². The Hall–Kier alpha value is -4.44. The average Bonchev–Trinajstić information content (AvgIpc) is 3.45. The van der Waals surface area contributed by atoms with Gasteiger partial charge >= 0.3 is 0 Å². The number of aromatic nitrogens is 4. The quantitative estimate of drug-likeness (QED) is 0.319. The van der Waals surface area contributed by atoms with Crippen LogP contribution in [0.1, 0.15) is 24.4 Å². The molecule has 1 amide bonds. The zero-order chi connectivity index (χ0) is 27.3. The van der Waals surface area contributed by atoms with Gasteiger partial charge in [0, 0.05) is 44.1 Å². The van der Waals surface area contributed by atoms with Crippen LogP contribution < -0.4 is 15.5 Å². The van der Waals surface area contributed by atoms with E-state index in [1.807, 2.05) is 41.6 Å². The van der Waals surface area contributed by atoms with Gasteiger partial charge in [-0.05, 0) is 48.7 Å². The van der Waals surface area contributed by atoms with Gasteiger partial charge in [-0.1, -0.05) is 36.9 Å². The number of piperidine rings is 1. The van der Waals surface area contributed by atoms with Crippen LogP contribution in [0.5, 0.6) is 0 Å². The highest BCUT2D eigenvalue weighted by atomic mass is 16.5. The number of carbonyl (C=O) groups excluding carboxylic acids is 1. The SMILES string of the molecule is C=CC(=O)N1CCC[C@H](n2cnc3c(NCc4ccccc4)nc(Nc4ccc(N5CCOCC5)cc4)nc32)C1. The van der Waals surface area contributed by atoms with Gasteiger partial charge in [-0.25, -0.2) is 4.98 Å². The summed E-state index contributed by atoms with van der Waals surface area (Å²) in [4.78, 5) is 31.0. The third-order valence-electron chi connectivity index (χ3n) is 7.50. The van der Waals surface area contributed by atoms with Gasteiger partial charge in [0.15, 0.2) is 17.0 Å².